The Hall–Kier alpha value is -3.09. The number of Topliss-reactive ketones (excluding diaryl/α,β-unsaturated/α-hetero) is 1. The summed E-state index contributed by atoms with van der Waals surface area (Å²) < 4.78 is 35.2. The molecule has 0 aliphatic heterocycles. The fourth-order valence-corrected chi connectivity index (χ4v) is 1.83. The van der Waals surface area contributed by atoms with Crippen LogP contribution in [0.15, 0.2) is 42.5 Å². The fraction of sp³-hybridized carbons (Fsp3) is 0.118. The van der Waals surface area contributed by atoms with Crippen molar-refractivity contribution in [2.45, 2.75) is 0 Å². The van der Waals surface area contributed by atoms with Gasteiger partial charge in [0.05, 0.1) is 18.2 Å². The van der Waals surface area contributed by atoms with Gasteiger partial charge in [0, 0.05) is 5.56 Å². The number of halogens is 2. The van der Waals surface area contributed by atoms with Crippen LogP contribution in [0.4, 0.5) is 8.78 Å². The van der Waals surface area contributed by atoms with Crippen LogP contribution < -0.4 is 0 Å². The van der Waals surface area contributed by atoms with Gasteiger partial charge >= 0.3 is 11.9 Å². The van der Waals surface area contributed by atoms with E-state index in [1.165, 1.54) is 31.4 Å². The molecule has 2 aromatic rings. The van der Waals surface area contributed by atoms with Crippen molar-refractivity contribution < 1.29 is 32.6 Å². The van der Waals surface area contributed by atoms with Crippen LogP contribution >= 0.6 is 0 Å². The van der Waals surface area contributed by atoms with E-state index in [4.69, 9.17) is 4.74 Å². The molecule has 0 aliphatic rings. The molecule has 0 fully saturated rings. The summed E-state index contributed by atoms with van der Waals surface area (Å²) in [5, 5.41) is 0. The number of esters is 2. The first-order chi connectivity index (χ1) is 11.4. The van der Waals surface area contributed by atoms with Crippen molar-refractivity contribution in [1.29, 1.82) is 0 Å². The minimum atomic E-state index is -1.16. The van der Waals surface area contributed by atoms with Gasteiger partial charge in [-0.2, -0.15) is 0 Å². The summed E-state index contributed by atoms with van der Waals surface area (Å²) in [4.78, 5) is 34.9. The number of carbonyl (C=O) groups excluding carboxylic acids is 3. The average Bonchev–Trinajstić information content (AvgIpc) is 2.61. The van der Waals surface area contributed by atoms with Gasteiger partial charge in [-0.05, 0) is 42.5 Å². The van der Waals surface area contributed by atoms with Gasteiger partial charge in [0.2, 0.25) is 0 Å². The van der Waals surface area contributed by atoms with Crippen LogP contribution in [-0.2, 0) is 9.47 Å². The molecule has 0 atom stereocenters. The lowest BCUT2D eigenvalue weighted by molar-refractivity contribution is 0.0474. The van der Waals surface area contributed by atoms with Gasteiger partial charge in [-0.25, -0.2) is 18.4 Å². The second-order valence-corrected chi connectivity index (χ2v) is 4.70. The van der Waals surface area contributed by atoms with Gasteiger partial charge in [0.25, 0.3) is 0 Å². The monoisotopic (exact) mass is 334 g/mol. The normalized spacial score (nSPS) is 10.1. The Morgan fingerprint density at radius 3 is 1.92 bits per heavy atom. The third kappa shape index (κ3) is 4.01. The van der Waals surface area contributed by atoms with Crippen molar-refractivity contribution in [1.82, 2.24) is 0 Å². The van der Waals surface area contributed by atoms with Gasteiger partial charge in [0.15, 0.2) is 24.0 Å². The number of ether oxygens (including phenoxy) is 2. The maximum Gasteiger partial charge on any atom is 0.338 e. The molecular weight excluding hydrogens is 322 g/mol. The highest BCUT2D eigenvalue weighted by Gasteiger charge is 2.14. The van der Waals surface area contributed by atoms with E-state index in [1.807, 2.05) is 0 Å². The first-order valence-electron chi connectivity index (χ1n) is 6.76. The predicted octanol–water partition coefficient (Wildman–Crippen LogP) is 2.79. The number of carbonyl (C=O) groups is 3. The SMILES string of the molecule is COC(=O)c1ccc(C(=O)OCC(=O)c2ccc(F)c(F)c2)cc1. The molecule has 7 heteroatoms. The van der Waals surface area contributed by atoms with Crippen LogP contribution in [0.3, 0.4) is 0 Å². The Bertz CT molecular complexity index is 784. The molecule has 0 saturated carbocycles. The maximum atomic E-state index is 13.1. The van der Waals surface area contributed by atoms with Crippen molar-refractivity contribution in [2.24, 2.45) is 0 Å². The Morgan fingerprint density at radius 2 is 1.38 bits per heavy atom. The molecule has 2 aromatic carbocycles. The lowest BCUT2D eigenvalue weighted by atomic mass is 10.1. The second-order valence-electron chi connectivity index (χ2n) is 4.70. The smallest absolute Gasteiger partial charge is 0.338 e. The molecule has 0 N–H and O–H groups in total. The molecule has 0 spiro atoms. The van der Waals surface area contributed by atoms with Crippen molar-refractivity contribution >= 4 is 17.7 Å². The first-order valence-corrected chi connectivity index (χ1v) is 6.76. The van der Waals surface area contributed by atoms with Gasteiger partial charge in [-0.3, -0.25) is 4.79 Å². The third-order valence-corrected chi connectivity index (χ3v) is 3.12. The minimum Gasteiger partial charge on any atom is -0.465 e. The van der Waals surface area contributed by atoms with Crippen LogP contribution in [-0.4, -0.2) is 31.4 Å². The molecule has 0 saturated heterocycles. The lowest BCUT2D eigenvalue weighted by Gasteiger charge is -2.05. The van der Waals surface area contributed by atoms with Gasteiger partial charge < -0.3 is 9.47 Å². The Balaban J connectivity index is 1.98. The molecule has 24 heavy (non-hydrogen) atoms. The van der Waals surface area contributed by atoms with E-state index in [0.717, 1.165) is 18.2 Å². The van der Waals surface area contributed by atoms with E-state index in [0.29, 0.717) is 0 Å². The second kappa shape index (κ2) is 7.45. The zero-order chi connectivity index (χ0) is 17.7. The average molecular weight is 334 g/mol. The third-order valence-electron chi connectivity index (χ3n) is 3.12. The van der Waals surface area contributed by atoms with Crippen LogP contribution in [0.5, 0.6) is 0 Å². The van der Waals surface area contributed by atoms with Gasteiger partial charge in [0.1, 0.15) is 0 Å². The van der Waals surface area contributed by atoms with Crippen LogP contribution in [0.25, 0.3) is 0 Å². The molecule has 0 amide bonds. The summed E-state index contributed by atoms with van der Waals surface area (Å²) in [5.74, 6) is -4.25. The summed E-state index contributed by atoms with van der Waals surface area (Å²) in [6, 6.07) is 8.08. The summed E-state index contributed by atoms with van der Waals surface area (Å²) in [6.45, 7) is -0.622. The van der Waals surface area contributed by atoms with E-state index in [9.17, 15) is 23.2 Å². The zero-order valence-electron chi connectivity index (χ0n) is 12.5. The highest BCUT2D eigenvalue weighted by Crippen LogP contribution is 2.11. The van der Waals surface area contributed by atoms with E-state index in [1.54, 1.807) is 0 Å². The molecule has 0 aliphatic carbocycles. The highest BCUT2D eigenvalue weighted by atomic mass is 19.2. The van der Waals surface area contributed by atoms with E-state index in [2.05, 4.69) is 4.74 Å². The first kappa shape index (κ1) is 17.3. The fourth-order valence-electron chi connectivity index (χ4n) is 1.83. The highest BCUT2D eigenvalue weighted by molar-refractivity contribution is 5.99. The molecule has 0 aromatic heterocycles. The van der Waals surface area contributed by atoms with Crippen molar-refractivity contribution in [3.05, 3.63) is 70.8 Å². The quantitative estimate of drug-likeness (QED) is 0.621. The van der Waals surface area contributed by atoms with Gasteiger partial charge in [-0.1, -0.05) is 0 Å². The maximum absolute atomic E-state index is 13.1. The molecule has 0 radical (unpaired) electrons. The zero-order valence-corrected chi connectivity index (χ0v) is 12.5. The Kier molecular flexibility index (Phi) is 5.36. The van der Waals surface area contributed by atoms with Crippen LogP contribution in [0.2, 0.25) is 0 Å². The topological polar surface area (TPSA) is 69.7 Å². The Labute approximate surface area is 135 Å². The predicted molar refractivity (Wildman–Crippen MR) is 78.8 cm³/mol. The van der Waals surface area contributed by atoms with Crippen molar-refractivity contribution in [3.63, 3.8) is 0 Å². The van der Waals surface area contributed by atoms with E-state index in [-0.39, 0.29) is 16.7 Å². The summed E-state index contributed by atoms with van der Waals surface area (Å²) in [5.41, 5.74) is 0.274. The van der Waals surface area contributed by atoms with Crippen molar-refractivity contribution in [2.75, 3.05) is 13.7 Å². The molecular formula is C17H12F2O5. The number of hydrogen-bond acceptors (Lipinski definition) is 5. The molecule has 124 valence electrons. The summed E-state index contributed by atoms with van der Waals surface area (Å²) in [7, 11) is 1.23. The molecule has 5 nitrogen and oxygen atoms in total. The molecule has 0 unspecified atom stereocenters. The van der Waals surface area contributed by atoms with Crippen LogP contribution in [0, 0.1) is 11.6 Å². The Morgan fingerprint density at radius 1 is 0.833 bits per heavy atom. The van der Waals surface area contributed by atoms with E-state index < -0.39 is 36.0 Å². The van der Waals surface area contributed by atoms with Crippen LogP contribution in [0.1, 0.15) is 31.1 Å². The molecule has 0 heterocycles. The van der Waals surface area contributed by atoms with Crippen molar-refractivity contribution in [3.8, 4) is 0 Å². The summed E-state index contributed by atoms with van der Waals surface area (Å²) in [6.07, 6.45) is 0. The molecule has 0 bridgehead atoms. The standard InChI is InChI=1S/C17H12F2O5/c1-23-16(21)10-2-4-11(5-3-10)17(22)24-9-15(20)12-6-7-13(18)14(19)8-12/h2-8H,9H2,1H3. The lowest BCUT2D eigenvalue weighted by Crippen LogP contribution is -2.14. The molecule has 2 rings (SSSR count). The number of rotatable bonds is 5. The number of methoxy groups -OCH3 is 1. The van der Waals surface area contributed by atoms with Gasteiger partial charge in [-0.15, -0.1) is 0 Å². The number of benzene rings is 2. The van der Waals surface area contributed by atoms with E-state index >= 15 is 0 Å². The number of hydrogen-bond donors (Lipinski definition) is 0. The minimum absolute atomic E-state index is 0.109. The summed E-state index contributed by atoms with van der Waals surface area (Å²) >= 11 is 0. The number of ketones is 1. The largest absolute Gasteiger partial charge is 0.465 e.